The minimum Gasteiger partial charge on any atom is -0.393 e. The van der Waals surface area contributed by atoms with Crippen LogP contribution < -0.4 is 5.73 Å². The average Bonchev–Trinajstić information content (AvgIpc) is 2.54. The number of carbonyl (C=O) groups excluding carboxylic acids is 1. The number of amides is 1. The van der Waals surface area contributed by atoms with Crippen LogP contribution in [0, 0.1) is 6.92 Å². The van der Waals surface area contributed by atoms with Crippen molar-refractivity contribution in [2.75, 3.05) is 7.05 Å². The van der Waals surface area contributed by atoms with E-state index in [0.29, 0.717) is 17.1 Å². The summed E-state index contributed by atoms with van der Waals surface area (Å²) in [5.41, 5.74) is 6.87. The van der Waals surface area contributed by atoms with Gasteiger partial charge in [-0.15, -0.1) is 0 Å². The molecule has 94 valence electrons. The van der Waals surface area contributed by atoms with Gasteiger partial charge in [-0.05, 0) is 19.9 Å². The van der Waals surface area contributed by atoms with Gasteiger partial charge in [0.1, 0.15) is 5.69 Å². The summed E-state index contributed by atoms with van der Waals surface area (Å²) in [6.07, 6.45) is 0.522. The summed E-state index contributed by atoms with van der Waals surface area (Å²) < 4.78 is 1.58. The Hall–Kier alpha value is -1.43. The lowest BCUT2D eigenvalue weighted by molar-refractivity contribution is 0.0737. The summed E-state index contributed by atoms with van der Waals surface area (Å²) in [4.78, 5) is 14.2. The van der Waals surface area contributed by atoms with Crippen LogP contribution in [0.25, 0.3) is 0 Å². The summed E-state index contributed by atoms with van der Waals surface area (Å²) in [5.74, 6) is -0.0724. The summed E-state index contributed by atoms with van der Waals surface area (Å²) in [7, 11) is 3.50. The summed E-state index contributed by atoms with van der Waals surface area (Å²) in [6.45, 7) is 3.77. The molecule has 0 fully saturated rings. The number of nitrogens with two attached hydrogens (primary N) is 1. The van der Waals surface area contributed by atoms with Crippen LogP contribution >= 0.6 is 12.2 Å². The Labute approximate surface area is 107 Å². The van der Waals surface area contributed by atoms with Crippen LogP contribution in [-0.2, 0) is 7.05 Å². The zero-order chi connectivity index (χ0) is 13.2. The first-order chi connectivity index (χ1) is 7.82. The molecule has 0 aromatic carbocycles. The molecule has 1 heterocycles. The highest BCUT2D eigenvalue weighted by atomic mass is 32.1. The van der Waals surface area contributed by atoms with Crippen molar-refractivity contribution < 1.29 is 4.79 Å². The fourth-order valence-electron chi connectivity index (χ4n) is 1.62. The molecule has 0 saturated heterocycles. The van der Waals surface area contributed by atoms with Crippen molar-refractivity contribution in [2.45, 2.75) is 26.3 Å². The molecule has 0 bridgehead atoms. The second-order valence-corrected chi connectivity index (χ2v) is 4.75. The first-order valence-electron chi connectivity index (χ1n) is 5.39. The molecule has 5 nitrogen and oxygen atoms in total. The first-order valence-corrected chi connectivity index (χ1v) is 5.80. The van der Waals surface area contributed by atoms with E-state index in [2.05, 4.69) is 5.10 Å². The molecule has 0 saturated carbocycles. The van der Waals surface area contributed by atoms with E-state index in [0.717, 1.165) is 5.69 Å². The third kappa shape index (κ3) is 3.26. The Morgan fingerprint density at radius 3 is 2.71 bits per heavy atom. The average molecular weight is 254 g/mol. The van der Waals surface area contributed by atoms with E-state index < -0.39 is 0 Å². The quantitative estimate of drug-likeness (QED) is 0.810. The predicted molar refractivity (Wildman–Crippen MR) is 70.9 cm³/mol. The Balaban J connectivity index is 2.83. The Kier molecular flexibility index (Phi) is 4.22. The summed E-state index contributed by atoms with van der Waals surface area (Å²) >= 11 is 4.85. The van der Waals surface area contributed by atoms with Gasteiger partial charge >= 0.3 is 0 Å². The number of thiocarbonyl (C=S) groups is 1. The monoisotopic (exact) mass is 254 g/mol. The Morgan fingerprint density at radius 2 is 2.29 bits per heavy atom. The minimum absolute atomic E-state index is 0.0183. The lowest BCUT2D eigenvalue weighted by Crippen LogP contribution is -2.38. The van der Waals surface area contributed by atoms with Crippen molar-refractivity contribution in [3.63, 3.8) is 0 Å². The van der Waals surface area contributed by atoms with Crippen molar-refractivity contribution in [2.24, 2.45) is 12.8 Å². The lowest BCUT2D eigenvalue weighted by Gasteiger charge is -2.24. The second-order valence-electron chi connectivity index (χ2n) is 4.23. The number of carbonyl (C=O) groups is 1. The maximum absolute atomic E-state index is 12.2. The molecule has 1 aromatic heterocycles. The van der Waals surface area contributed by atoms with Gasteiger partial charge in [-0.3, -0.25) is 9.48 Å². The van der Waals surface area contributed by atoms with E-state index >= 15 is 0 Å². The predicted octanol–water partition coefficient (Wildman–Crippen LogP) is 0.865. The van der Waals surface area contributed by atoms with Gasteiger partial charge in [0.05, 0.1) is 10.7 Å². The van der Waals surface area contributed by atoms with Crippen LogP contribution in [0.15, 0.2) is 6.07 Å². The third-order valence-corrected chi connectivity index (χ3v) is 2.87. The van der Waals surface area contributed by atoms with E-state index in [1.165, 1.54) is 0 Å². The molecule has 0 aliphatic heterocycles. The highest BCUT2D eigenvalue weighted by Crippen LogP contribution is 2.09. The third-order valence-electron chi connectivity index (χ3n) is 2.70. The normalized spacial score (nSPS) is 12.2. The molecule has 1 aromatic rings. The van der Waals surface area contributed by atoms with Gasteiger partial charge in [-0.1, -0.05) is 12.2 Å². The molecule has 0 aliphatic rings. The Bertz CT molecular complexity index is 441. The fourth-order valence-corrected chi connectivity index (χ4v) is 1.86. The number of rotatable bonds is 4. The molecule has 1 amide bonds. The lowest BCUT2D eigenvalue weighted by atomic mass is 10.2. The highest BCUT2D eigenvalue weighted by molar-refractivity contribution is 7.80. The van der Waals surface area contributed by atoms with Gasteiger partial charge in [0.2, 0.25) is 0 Å². The van der Waals surface area contributed by atoms with Crippen molar-refractivity contribution >= 4 is 23.1 Å². The van der Waals surface area contributed by atoms with Crippen LogP contribution in [0.1, 0.15) is 29.5 Å². The number of nitrogens with zero attached hydrogens (tertiary/aromatic N) is 3. The minimum atomic E-state index is -0.0724. The molecule has 1 atom stereocenters. The molecule has 0 aliphatic carbocycles. The van der Waals surface area contributed by atoms with Gasteiger partial charge in [-0.25, -0.2) is 0 Å². The number of aryl methyl sites for hydroxylation is 2. The molecule has 2 N–H and O–H groups in total. The maximum Gasteiger partial charge on any atom is 0.272 e. The molecular weight excluding hydrogens is 236 g/mol. The van der Waals surface area contributed by atoms with Crippen LogP contribution in [0.2, 0.25) is 0 Å². The summed E-state index contributed by atoms with van der Waals surface area (Å²) in [6, 6.07) is 1.75. The fraction of sp³-hybridized carbons (Fsp3) is 0.545. The van der Waals surface area contributed by atoms with E-state index in [9.17, 15) is 4.79 Å². The molecule has 1 unspecified atom stereocenters. The van der Waals surface area contributed by atoms with Crippen molar-refractivity contribution in [1.82, 2.24) is 14.7 Å². The van der Waals surface area contributed by atoms with Crippen LogP contribution in [-0.4, -0.2) is 38.7 Å². The SMILES string of the molecule is Cc1cc(C(=O)N(C)C(C)CC(N)=S)n(C)n1. The van der Waals surface area contributed by atoms with E-state index in [-0.39, 0.29) is 11.9 Å². The van der Waals surface area contributed by atoms with E-state index in [1.807, 2.05) is 13.8 Å². The van der Waals surface area contributed by atoms with E-state index in [1.54, 1.807) is 29.7 Å². The number of aromatic nitrogens is 2. The van der Waals surface area contributed by atoms with Gasteiger partial charge in [0.15, 0.2) is 0 Å². The maximum atomic E-state index is 12.2. The zero-order valence-corrected chi connectivity index (χ0v) is 11.4. The van der Waals surface area contributed by atoms with Gasteiger partial charge < -0.3 is 10.6 Å². The highest BCUT2D eigenvalue weighted by Gasteiger charge is 2.21. The molecule has 17 heavy (non-hydrogen) atoms. The number of hydrogen-bond acceptors (Lipinski definition) is 3. The van der Waals surface area contributed by atoms with Crippen LogP contribution in [0.4, 0.5) is 0 Å². The van der Waals surface area contributed by atoms with Crippen molar-refractivity contribution in [3.05, 3.63) is 17.5 Å². The molecule has 0 radical (unpaired) electrons. The van der Waals surface area contributed by atoms with E-state index in [4.69, 9.17) is 18.0 Å². The zero-order valence-electron chi connectivity index (χ0n) is 10.6. The van der Waals surface area contributed by atoms with Crippen LogP contribution in [0.5, 0.6) is 0 Å². The smallest absolute Gasteiger partial charge is 0.272 e. The van der Waals surface area contributed by atoms with Crippen molar-refractivity contribution in [3.8, 4) is 0 Å². The number of hydrogen-bond donors (Lipinski definition) is 1. The second kappa shape index (κ2) is 5.27. The molecule has 6 heteroatoms. The van der Waals surface area contributed by atoms with Crippen molar-refractivity contribution in [1.29, 1.82) is 0 Å². The molecule has 1 rings (SSSR count). The first kappa shape index (κ1) is 13.6. The topological polar surface area (TPSA) is 64.2 Å². The summed E-state index contributed by atoms with van der Waals surface area (Å²) in [5, 5.41) is 4.15. The van der Waals surface area contributed by atoms with Gasteiger partial charge in [0, 0.05) is 26.6 Å². The van der Waals surface area contributed by atoms with Crippen LogP contribution in [0.3, 0.4) is 0 Å². The standard InChI is InChI=1S/C11H18N4OS/c1-7-5-9(15(4)13-7)11(16)14(3)8(2)6-10(12)17/h5,8H,6H2,1-4H3,(H2,12,17). The Morgan fingerprint density at radius 1 is 1.71 bits per heavy atom. The largest absolute Gasteiger partial charge is 0.393 e. The van der Waals surface area contributed by atoms with Gasteiger partial charge in [0.25, 0.3) is 5.91 Å². The molecular formula is C11H18N4OS. The molecule has 0 spiro atoms. The van der Waals surface area contributed by atoms with Gasteiger partial charge in [-0.2, -0.15) is 5.10 Å².